The van der Waals surface area contributed by atoms with Crippen LogP contribution in [0.1, 0.15) is 6.42 Å². The number of aromatic nitrogens is 1. The molecule has 10 heteroatoms. The summed E-state index contributed by atoms with van der Waals surface area (Å²) < 4.78 is 5.27. The normalized spacial score (nSPS) is 19.1. The van der Waals surface area contributed by atoms with Gasteiger partial charge in [-0.25, -0.2) is 10.3 Å². The Morgan fingerprint density at radius 3 is 2.78 bits per heavy atom. The van der Waals surface area contributed by atoms with Crippen LogP contribution in [0.4, 0.5) is 10.5 Å². The first-order valence-electron chi connectivity index (χ1n) is 8.18. The molecule has 2 aromatic rings. The maximum absolute atomic E-state index is 12.7. The molecule has 0 saturated carbocycles. The molecular weight excluding hydrogens is 356 g/mol. The number of carbonyl (C=O) groups excluding carboxylic acids is 2. The number of carboxylic acid groups (broad SMARTS) is 1. The number of anilines is 1. The Kier molecular flexibility index (Phi) is 5.48. The fraction of sp³-hybridized carbons (Fsp3) is 0.294. The third-order valence-electron chi connectivity index (χ3n) is 4.28. The largest absolute Gasteiger partial charge is 0.465 e. The van der Waals surface area contributed by atoms with Crippen LogP contribution in [0.15, 0.2) is 36.5 Å². The lowest BCUT2D eigenvalue weighted by atomic mass is 10.1. The Hall–Kier alpha value is -3.24. The number of rotatable bonds is 5. The van der Waals surface area contributed by atoms with Crippen LogP contribution in [0.5, 0.6) is 0 Å². The zero-order valence-corrected chi connectivity index (χ0v) is 14.2. The molecule has 3 rings (SSSR count). The van der Waals surface area contributed by atoms with E-state index in [1.165, 1.54) is 5.48 Å². The monoisotopic (exact) mass is 374 g/mol. The second kappa shape index (κ2) is 7.98. The summed E-state index contributed by atoms with van der Waals surface area (Å²) in [4.78, 5) is 40.5. The molecule has 0 bridgehead atoms. The first-order valence-corrected chi connectivity index (χ1v) is 8.18. The number of carbonyl (C=O) groups is 3. The predicted octanol–water partition coefficient (Wildman–Crippen LogP) is 0.816. The zero-order valence-electron chi connectivity index (χ0n) is 14.2. The molecule has 142 valence electrons. The molecule has 4 N–H and O–H groups in total. The molecule has 1 aliphatic heterocycles. The number of para-hydroxylation sites is 1. The topological polar surface area (TPSA) is 141 Å². The van der Waals surface area contributed by atoms with E-state index in [1.807, 2.05) is 12.1 Å². The SMILES string of the molecule is O=C(COC1CC(C(=O)Nc2cccc3cccnc23)N(C(=O)O)C1)NO. The van der Waals surface area contributed by atoms with Gasteiger partial charge < -0.3 is 15.2 Å². The maximum Gasteiger partial charge on any atom is 0.408 e. The molecule has 1 saturated heterocycles. The van der Waals surface area contributed by atoms with Gasteiger partial charge in [-0.05, 0) is 12.1 Å². The molecule has 1 aliphatic rings. The van der Waals surface area contributed by atoms with Crippen LogP contribution in [-0.2, 0) is 14.3 Å². The summed E-state index contributed by atoms with van der Waals surface area (Å²) in [6.07, 6.45) is -0.203. The van der Waals surface area contributed by atoms with Crippen LogP contribution in [0.3, 0.4) is 0 Å². The van der Waals surface area contributed by atoms with E-state index in [0.717, 1.165) is 10.3 Å². The number of hydrogen-bond donors (Lipinski definition) is 4. The number of pyridine rings is 1. The van der Waals surface area contributed by atoms with Gasteiger partial charge in [-0.15, -0.1) is 0 Å². The highest BCUT2D eigenvalue weighted by Crippen LogP contribution is 2.25. The molecule has 3 amide bonds. The fourth-order valence-electron chi connectivity index (χ4n) is 3.03. The second-order valence-corrected chi connectivity index (χ2v) is 6.02. The smallest absolute Gasteiger partial charge is 0.408 e. The van der Waals surface area contributed by atoms with Gasteiger partial charge in [0.1, 0.15) is 12.6 Å². The van der Waals surface area contributed by atoms with Gasteiger partial charge in [0, 0.05) is 18.0 Å². The Morgan fingerprint density at radius 2 is 2.04 bits per heavy atom. The predicted molar refractivity (Wildman–Crippen MR) is 93.2 cm³/mol. The highest BCUT2D eigenvalue weighted by Gasteiger charge is 2.40. The van der Waals surface area contributed by atoms with Crippen molar-refractivity contribution in [3.63, 3.8) is 0 Å². The molecule has 1 aromatic heterocycles. The van der Waals surface area contributed by atoms with Crippen molar-refractivity contribution in [2.45, 2.75) is 18.6 Å². The number of benzene rings is 1. The Labute approximate surface area is 153 Å². The minimum atomic E-state index is -1.26. The summed E-state index contributed by atoms with van der Waals surface area (Å²) in [6, 6.07) is 7.97. The van der Waals surface area contributed by atoms with Crippen molar-refractivity contribution in [2.24, 2.45) is 0 Å². The summed E-state index contributed by atoms with van der Waals surface area (Å²) in [5.74, 6) is -1.26. The van der Waals surface area contributed by atoms with E-state index in [9.17, 15) is 19.5 Å². The average molecular weight is 374 g/mol. The number of likely N-dealkylation sites (tertiary alicyclic amines) is 1. The van der Waals surface area contributed by atoms with E-state index in [4.69, 9.17) is 9.94 Å². The quantitative estimate of drug-likeness (QED) is 0.448. The number of amides is 3. The molecule has 2 atom stereocenters. The lowest BCUT2D eigenvalue weighted by Gasteiger charge is -2.20. The molecular formula is C17H18N4O6. The Balaban J connectivity index is 1.73. The first-order chi connectivity index (χ1) is 13.0. The number of fused-ring (bicyclic) bond motifs is 1. The van der Waals surface area contributed by atoms with Crippen LogP contribution in [0.2, 0.25) is 0 Å². The van der Waals surface area contributed by atoms with Crippen molar-refractivity contribution in [2.75, 3.05) is 18.5 Å². The van der Waals surface area contributed by atoms with Gasteiger partial charge >= 0.3 is 6.09 Å². The van der Waals surface area contributed by atoms with Crippen LogP contribution >= 0.6 is 0 Å². The van der Waals surface area contributed by atoms with Gasteiger partial charge in [0.25, 0.3) is 5.91 Å². The van der Waals surface area contributed by atoms with Gasteiger partial charge in [0.2, 0.25) is 5.91 Å². The molecule has 0 aliphatic carbocycles. The van der Waals surface area contributed by atoms with E-state index in [2.05, 4.69) is 10.3 Å². The van der Waals surface area contributed by atoms with Crippen LogP contribution in [-0.4, -0.2) is 63.4 Å². The lowest BCUT2D eigenvalue weighted by molar-refractivity contribution is -0.135. The van der Waals surface area contributed by atoms with Crippen molar-refractivity contribution in [1.82, 2.24) is 15.4 Å². The molecule has 2 unspecified atom stereocenters. The summed E-state index contributed by atoms with van der Waals surface area (Å²) in [5, 5.41) is 21.4. The van der Waals surface area contributed by atoms with Gasteiger partial charge in [0.05, 0.1) is 23.9 Å². The van der Waals surface area contributed by atoms with Gasteiger partial charge in [-0.3, -0.25) is 24.7 Å². The minimum absolute atomic E-state index is 0.0556. The van der Waals surface area contributed by atoms with Crippen molar-refractivity contribution in [3.8, 4) is 0 Å². The molecule has 1 aromatic carbocycles. The van der Waals surface area contributed by atoms with Crippen molar-refractivity contribution >= 4 is 34.5 Å². The summed E-state index contributed by atoms with van der Waals surface area (Å²) in [5.41, 5.74) is 2.50. The number of hydrogen-bond acceptors (Lipinski definition) is 6. The average Bonchev–Trinajstić information content (AvgIpc) is 3.11. The van der Waals surface area contributed by atoms with Crippen molar-refractivity contribution in [3.05, 3.63) is 36.5 Å². The lowest BCUT2D eigenvalue weighted by Crippen LogP contribution is -2.42. The molecule has 10 nitrogen and oxygen atoms in total. The van der Waals surface area contributed by atoms with Crippen molar-refractivity contribution in [1.29, 1.82) is 0 Å². The van der Waals surface area contributed by atoms with E-state index < -0.39 is 36.7 Å². The van der Waals surface area contributed by atoms with E-state index in [0.29, 0.717) is 11.2 Å². The van der Waals surface area contributed by atoms with Gasteiger partial charge in [-0.2, -0.15) is 0 Å². The fourth-order valence-corrected chi connectivity index (χ4v) is 3.03. The molecule has 1 fully saturated rings. The standard InChI is InChI=1S/C17H18N4O6/c22-14(20-26)9-27-11-7-13(21(8-11)17(24)25)16(23)19-12-5-1-3-10-4-2-6-18-15(10)12/h1-6,11,13,26H,7-9H2,(H,19,23)(H,20,22)(H,24,25). The number of ether oxygens (including phenoxy) is 1. The van der Waals surface area contributed by atoms with Crippen LogP contribution in [0, 0.1) is 0 Å². The van der Waals surface area contributed by atoms with E-state index >= 15 is 0 Å². The summed E-state index contributed by atoms with van der Waals surface area (Å²) >= 11 is 0. The third kappa shape index (κ3) is 4.13. The van der Waals surface area contributed by atoms with Crippen LogP contribution in [0.25, 0.3) is 10.9 Å². The molecule has 27 heavy (non-hydrogen) atoms. The second-order valence-electron chi connectivity index (χ2n) is 6.02. The first kappa shape index (κ1) is 18.5. The van der Waals surface area contributed by atoms with Gasteiger partial charge in [-0.1, -0.05) is 18.2 Å². The number of hydroxylamine groups is 1. The summed E-state index contributed by atoms with van der Waals surface area (Å²) in [6.45, 7) is -0.490. The highest BCUT2D eigenvalue weighted by atomic mass is 16.5. The Morgan fingerprint density at radius 1 is 1.26 bits per heavy atom. The van der Waals surface area contributed by atoms with Crippen LogP contribution < -0.4 is 10.8 Å². The number of nitrogens with zero attached hydrogens (tertiary/aromatic N) is 2. The Bertz CT molecular complexity index is 868. The molecule has 2 heterocycles. The van der Waals surface area contributed by atoms with Gasteiger partial charge in [0.15, 0.2) is 0 Å². The summed E-state index contributed by atoms with van der Waals surface area (Å²) in [7, 11) is 0. The highest BCUT2D eigenvalue weighted by molar-refractivity contribution is 6.03. The maximum atomic E-state index is 12.7. The minimum Gasteiger partial charge on any atom is -0.465 e. The third-order valence-corrected chi connectivity index (χ3v) is 4.28. The molecule has 0 radical (unpaired) electrons. The number of nitrogens with one attached hydrogen (secondary N) is 2. The molecule has 0 spiro atoms. The van der Waals surface area contributed by atoms with E-state index in [1.54, 1.807) is 24.4 Å². The van der Waals surface area contributed by atoms with Crippen molar-refractivity contribution < 1.29 is 29.4 Å². The van der Waals surface area contributed by atoms with E-state index in [-0.39, 0.29) is 13.0 Å². The zero-order chi connectivity index (χ0) is 19.4.